The zero-order valence-corrected chi connectivity index (χ0v) is 11.2. The molecule has 0 atom stereocenters. The summed E-state index contributed by atoms with van der Waals surface area (Å²) >= 11 is 0. The molecule has 1 aliphatic rings. The second-order valence-corrected chi connectivity index (χ2v) is 5.39. The number of rotatable bonds is 5. The van der Waals surface area contributed by atoms with Crippen molar-refractivity contribution in [1.82, 2.24) is 15.1 Å². The number of furan rings is 1. The Balaban J connectivity index is 1.57. The summed E-state index contributed by atoms with van der Waals surface area (Å²) in [5.41, 5.74) is 2.38. The summed E-state index contributed by atoms with van der Waals surface area (Å²) in [6.07, 6.45) is 6.28. The van der Waals surface area contributed by atoms with Gasteiger partial charge < -0.3 is 9.73 Å². The van der Waals surface area contributed by atoms with E-state index < -0.39 is 0 Å². The van der Waals surface area contributed by atoms with Gasteiger partial charge in [-0.05, 0) is 25.0 Å². The van der Waals surface area contributed by atoms with E-state index in [2.05, 4.69) is 28.6 Å². The summed E-state index contributed by atoms with van der Waals surface area (Å²) in [4.78, 5) is 0. The molecule has 0 bridgehead atoms. The predicted molar refractivity (Wildman–Crippen MR) is 77.4 cm³/mol. The van der Waals surface area contributed by atoms with Crippen LogP contribution in [-0.2, 0) is 13.1 Å². The molecule has 0 saturated heterocycles. The van der Waals surface area contributed by atoms with E-state index in [1.807, 2.05) is 23.0 Å². The van der Waals surface area contributed by atoms with Crippen LogP contribution in [0.1, 0.15) is 24.2 Å². The largest absolute Gasteiger partial charge is 0.467 e. The van der Waals surface area contributed by atoms with Crippen LogP contribution >= 0.6 is 0 Å². The van der Waals surface area contributed by atoms with Crippen molar-refractivity contribution in [3.63, 3.8) is 0 Å². The first kappa shape index (κ1) is 11.7. The number of aromatic nitrogens is 2. The van der Waals surface area contributed by atoms with Crippen LogP contribution in [0.5, 0.6) is 0 Å². The minimum Gasteiger partial charge on any atom is -0.467 e. The molecule has 4 rings (SSSR count). The van der Waals surface area contributed by atoms with Gasteiger partial charge in [0.15, 0.2) is 0 Å². The normalized spacial score (nSPS) is 15.0. The number of hydrogen-bond acceptors (Lipinski definition) is 3. The second kappa shape index (κ2) is 4.80. The molecule has 3 aromatic rings. The molecule has 2 heterocycles. The summed E-state index contributed by atoms with van der Waals surface area (Å²) in [6.45, 7) is 1.57. The van der Waals surface area contributed by atoms with Crippen LogP contribution in [0.15, 0.2) is 47.2 Å². The molecule has 1 saturated carbocycles. The molecule has 4 heteroatoms. The molecule has 102 valence electrons. The van der Waals surface area contributed by atoms with E-state index in [4.69, 9.17) is 4.42 Å². The van der Waals surface area contributed by atoms with E-state index in [1.54, 1.807) is 6.26 Å². The Bertz CT molecular complexity index is 724. The van der Waals surface area contributed by atoms with Gasteiger partial charge in [-0.2, -0.15) is 5.10 Å². The number of para-hydroxylation sites is 1. The van der Waals surface area contributed by atoms with E-state index in [1.165, 1.54) is 18.4 Å². The third-order valence-electron chi connectivity index (χ3n) is 3.84. The first-order chi connectivity index (χ1) is 9.90. The van der Waals surface area contributed by atoms with Crippen LogP contribution in [-0.4, -0.2) is 15.8 Å². The number of nitrogens with zero attached hydrogens (tertiary/aromatic N) is 2. The lowest BCUT2D eigenvalue weighted by molar-refractivity contribution is 0.476. The van der Waals surface area contributed by atoms with Gasteiger partial charge in [-0.15, -0.1) is 0 Å². The highest BCUT2D eigenvalue weighted by Gasteiger charge is 2.21. The predicted octanol–water partition coefficient (Wildman–Crippen LogP) is 2.93. The quantitative estimate of drug-likeness (QED) is 0.773. The number of benzene rings is 1. The van der Waals surface area contributed by atoms with Crippen LogP contribution in [0.4, 0.5) is 0 Å². The van der Waals surface area contributed by atoms with Gasteiger partial charge in [0, 0.05) is 23.5 Å². The van der Waals surface area contributed by atoms with Gasteiger partial charge in [0.2, 0.25) is 0 Å². The SMILES string of the molecule is c1ccc2c(c1)cnn2Cc1occc1CNC1CC1. The Kier molecular flexibility index (Phi) is 2.81. The molecule has 20 heavy (non-hydrogen) atoms. The summed E-state index contributed by atoms with van der Waals surface area (Å²) in [5.74, 6) is 0.993. The molecule has 0 radical (unpaired) electrons. The van der Waals surface area contributed by atoms with Crippen molar-refractivity contribution in [2.45, 2.75) is 32.0 Å². The molecule has 0 unspecified atom stereocenters. The second-order valence-electron chi connectivity index (χ2n) is 5.39. The molecule has 0 amide bonds. The summed E-state index contributed by atoms with van der Waals surface area (Å²) < 4.78 is 7.63. The van der Waals surface area contributed by atoms with Crippen molar-refractivity contribution in [3.8, 4) is 0 Å². The molecule has 1 aromatic carbocycles. The van der Waals surface area contributed by atoms with Gasteiger partial charge in [0.25, 0.3) is 0 Å². The summed E-state index contributed by atoms with van der Waals surface area (Å²) in [6, 6.07) is 11.0. The number of fused-ring (bicyclic) bond motifs is 1. The van der Waals surface area contributed by atoms with E-state index in [0.717, 1.165) is 23.2 Å². The lowest BCUT2D eigenvalue weighted by Crippen LogP contribution is -2.16. The third-order valence-corrected chi connectivity index (χ3v) is 3.84. The lowest BCUT2D eigenvalue weighted by Gasteiger charge is -2.05. The molecular formula is C16H17N3O. The molecule has 1 fully saturated rings. The maximum absolute atomic E-state index is 5.64. The van der Waals surface area contributed by atoms with E-state index in [9.17, 15) is 0 Å². The smallest absolute Gasteiger partial charge is 0.129 e. The van der Waals surface area contributed by atoms with Gasteiger partial charge in [-0.25, -0.2) is 0 Å². The molecule has 0 aliphatic heterocycles. The fourth-order valence-electron chi connectivity index (χ4n) is 2.49. The average molecular weight is 267 g/mol. The van der Waals surface area contributed by atoms with Crippen LogP contribution in [0.25, 0.3) is 10.9 Å². The Labute approximate surface area is 117 Å². The van der Waals surface area contributed by atoms with Crippen LogP contribution < -0.4 is 5.32 Å². The fraction of sp³-hybridized carbons (Fsp3) is 0.312. The van der Waals surface area contributed by atoms with E-state index in [0.29, 0.717) is 12.6 Å². The first-order valence-electron chi connectivity index (χ1n) is 7.09. The molecule has 1 aliphatic carbocycles. The molecule has 4 nitrogen and oxygen atoms in total. The number of hydrogen-bond donors (Lipinski definition) is 1. The van der Waals surface area contributed by atoms with Crippen LogP contribution in [0, 0.1) is 0 Å². The minimum atomic E-state index is 0.683. The summed E-state index contributed by atoms with van der Waals surface area (Å²) in [7, 11) is 0. The van der Waals surface area contributed by atoms with Crippen LogP contribution in [0.3, 0.4) is 0 Å². The number of nitrogens with one attached hydrogen (secondary N) is 1. The highest BCUT2D eigenvalue weighted by atomic mass is 16.3. The van der Waals surface area contributed by atoms with Gasteiger partial charge in [0.05, 0.1) is 24.5 Å². The van der Waals surface area contributed by atoms with Gasteiger partial charge in [-0.1, -0.05) is 18.2 Å². The van der Waals surface area contributed by atoms with Gasteiger partial charge in [0.1, 0.15) is 5.76 Å². The molecule has 2 aromatic heterocycles. The molecule has 0 spiro atoms. The maximum Gasteiger partial charge on any atom is 0.129 e. The standard InChI is InChI=1S/C16H17N3O/c1-2-4-15-12(3-1)10-18-19(15)11-16-13(7-8-20-16)9-17-14-5-6-14/h1-4,7-8,10,14,17H,5-6,9,11H2. The van der Waals surface area contributed by atoms with Crippen LogP contribution in [0.2, 0.25) is 0 Å². The van der Waals surface area contributed by atoms with Crippen molar-refractivity contribution in [2.24, 2.45) is 0 Å². The summed E-state index contributed by atoms with van der Waals surface area (Å²) in [5, 5.41) is 9.15. The lowest BCUT2D eigenvalue weighted by atomic mass is 10.2. The average Bonchev–Trinajstić information content (AvgIpc) is 3.07. The molecule has 1 N–H and O–H groups in total. The Morgan fingerprint density at radius 2 is 2.15 bits per heavy atom. The Morgan fingerprint density at radius 1 is 1.25 bits per heavy atom. The van der Waals surface area contributed by atoms with Gasteiger partial charge in [-0.3, -0.25) is 4.68 Å². The van der Waals surface area contributed by atoms with Crippen molar-refractivity contribution in [2.75, 3.05) is 0 Å². The zero-order chi connectivity index (χ0) is 13.4. The molecular weight excluding hydrogens is 250 g/mol. The zero-order valence-electron chi connectivity index (χ0n) is 11.2. The third kappa shape index (κ3) is 2.23. The topological polar surface area (TPSA) is 43.0 Å². The fourth-order valence-corrected chi connectivity index (χ4v) is 2.49. The van der Waals surface area contributed by atoms with Crippen molar-refractivity contribution < 1.29 is 4.42 Å². The van der Waals surface area contributed by atoms with Crippen molar-refractivity contribution in [3.05, 3.63) is 54.1 Å². The monoisotopic (exact) mass is 267 g/mol. The highest BCUT2D eigenvalue weighted by molar-refractivity contribution is 5.78. The van der Waals surface area contributed by atoms with Gasteiger partial charge >= 0.3 is 0 Å². The Hall–Kier alpha value is -2.07. The van der Waals surface area contributed by atoms with Crippen molar-refractivity contribution in [1.29, 1.82) is 0 Å². The Morgan fingerprint density at radius 3 is 3.05 bits per heavy atom. The van der Waals surface area contributed by atoms with Crippen molar-refractivity contribution >= 4 is 10.9 Å². The van der Waals surface area contributed by atoms with E-state index in [-0.39, 0.29) is 0 Å². The minimum absolute atomic E-state index is 0.683. The first-order valence-corrected chi connectivity index (χ1v) is 7.09. The van der Waals surface area contributed by atoms with E-state index >= 15 is 0 Å². The maximum atomic E-state index is 5.64. The highest BCUT2D eigenvalue weighted by Crippen LogP contribution is 2.21.